The highest BCUT2D eigenvalue weighted by molar-refractivity contribution is 7.84. The van der Waals surface area contributed by atoms with Gasteiger partial charge >= 0.3 is 6.18 Å². The Bertz CT molecular complexity index is 539. The van der Waals surface area contributed by atoms with Crippen LogP contribution in [0.5, 0.6) is 5.75 Å². The van der Waals surface area contributed by atoms with Gasteiger partial charge in [0.25, 0.3) is 0 Å². The van der Waals surface area contributed by atoms with Crippen LogP contribution in [0.15, 0.2) is 18.2 Å². The molecule has 0 radical (unpaired) electrons. The summed E-state index contributed by atoms with van der Waals surface area (Å²) in [6, 6.07) is 4.74. The number of ether oxygens (including phenoxy) is 1. The number of benzene rings is 1. The fourth-order valence-electron chi connectivity index (χ4n) is 1.67. The van der Waals surface area contributed by atoms with Crippen LogP contribution in [0.4, 0.5) is 13.2 Å². The van der Waals surface area contributed by atoms with Gasteiger partial charge in [-0.15, -0.1) is 0 Å². The van der Waals surface area contributed by atoms with Gasteiger partial charge < -0.3 is 4.74 Å². The van der Waals surface area contributed by atoms with E-state index in [0.29, 0.717) is 5.56 Å². The van der Waals surface area contributed by atoms with E-state index in [2.05, 4.69) is 4.72 Å². The van der Waals surface area contributed by atoms with E-state index in [-0.39, 0.29) is 16.5 Å². The lowest BCUT2D eigenvalue weighted by atomic mass is 10.1. The Kier molecular flexibility index (Phi) is 6.03. The van der Waals surface area contributed by atoms with Crippen molar-refractivity contribution in [3.8, 4) is 5.75 Å². The first-order valence-corrected chi connectivity index (χ1v) is 8.03. The van der Waals surface area contributed by atoms with E-state index in [9.17, 15) is 17.4 Å². The maximum atomic E-state index is 12.2. The summed E-state index contributed by atoms with van der Waals surface area (Å²) in [6.07, 6.45) is -4.36. The highest BCUT2D eigenvalue weighted by Crippen LogP contribution is 2.25. The van der Waals surface area contributed by atoms with Crippen molar-refractivity contribution in [2.45, 2.75) is 51.6 Å². The SMILES string of the molecule is Cc1cc(C(C)N[S@](=O)C(C)(C)C)ccc1OCC(F)(F)F. The van der Waals surface area contributed by atoms with Gasteiger partial charge in [0.05, 0.1) is 15.7 Å². The van der Waals surface area contributed by atoms with Gasteiger partial charge in [0.2, 0.25) is 0 Å². The third-order valence-corrected chi connectivity index (χ3v) is 4.61. The molecule has 1 aromatic rings. The molecule has 1 unspecified atom stereocenters. The van der Waals surface area contributed by atoms with Crippen molar-refractivity contribution < 1.29 is 22.1 Å². The molecule has 3 nitrogen and oxygen atoms in total. The summed E-state index contributed by atoms with van der Waals surface area (Å²) < 4.78 is 55.9. The lowest BCUT2D eigenvalue weighted by Crippen LogP contribution is -2.34. The van der Waals surface area contributed by atoms with Crippen molar-refractivity contribution in [1.82, 2.24) is 4.72 Å². The highest BCUT2D eigenvalue weighted by Gasteiger charge is 2.28. The van der Waals surface area contributed by atoms with Gasteiger partial charge in [0.15, 0.2) is 6.61 Å². The summed E-state index contributed by atoms with van der Waals surface area (Å²) >= 11 is 0. The summed E-state index contributed by atoms with van der Waals surface area (Å²) in [4.78, 5) is 0. The molecular formula is C15H22F3NO2S. The molecule has 0 aromatic heterocycles. The Labute approximate surface area is 131 Å². The van der Waals surface area contributed by atoms with Crippen molar-refractivity contribution in [3.63, 3.8) is 0 Å². The molecule has 0 amide bonds. The van der Waals surface area contributed by atoms with Gasteiger partial charge in [-0.3, -0.25) is 0 Å². The quantitative estimate of drug-likeness (QED) is 0.880. The topological polar surface area (TPSA) is 38.3 Å². The molecule has 1 N–H and O–H groups in total. The van der Waals surface area contributed by atoms with Crippen LogP contribution in [-0.4, -0.2) is 21.7 Å². The van der Waals surface area contributed by atoms with Crippen molar-refractivity contribution in [1.29, 1.82) is 0 Å². The van der Waals surface area contributed by atoms with Crippen molar-refractivity contribution >= 4 is 11.0 Å². The van der Waals surface area contributed by atoms with E-state index in [1.54, 1.807) is 19.1 Å². The Morgan fingerprint density at radius 1 is 1.27 bits per heavy atom. The average molecular weight is 337 g/mol. The minimum atomic E-state index is -4.36. The number of hydrogen-bond donors (Lipinski definition) is 1. The van der Waals surface area contributed by atoms with Gasteiger partial charge in [-0.05, 0) is 51.8 Å². The van der Waals surface area contributed by atoms with Gasteiger partial charge in [0.1, 0.15) is 5.75 Å². The third-order valence-electron chi connectivity index (χ3n) is 2.93. The Morgan fingerprint density at radius 3 is 2.32 bits per heavy atom. The number of nitrogens with one attached hydrogen (secondary N) is 1. The van der Waals surface area contributed by atoms with Crippen LogP contribution in [0.3, 0.4) is 0 Å². The minimum absolute atomic E-state index is 0.185. The molecule has 0 spiro atoms. The van der Waals surface area contributed by atoms with Crippen molar-refractivity contribution in [3.05, 3.63) is 29.3 Å². The molecule has 0 aliphatic heterocycles. The maximum Gasteiger partial charge on any atom is 0.422 e. The zero-order valence-corrected chi connectivity index (χ0v) is 14.2. The molecule has 0 saturated carbocycles. The minimum Gasteiger partial charge on any atom is -0.484 e. The number of halogens is 3. The van der Waals surface area contributed by atoms with E-state index in [1.807, 2.05) is 27.7 Å². The van der Waals surface area contributed by atoms with Crippen molar-refractivity contribution in [2.24, 2.45) is 0 Å². The molecule has 7 heteroatoms. The second-order valence-electron chi connectivity index (χ2n) is 6.15. The van der Waals surface area contributed by atoms with E-state index in [0.717, 1.165) is 5.56 Å². The standard InChI is InChI=1S/C15H22F3NO2S/c1-10-8-12(11(2)19-22(20)14(3,4)5)6-7-13(10)21-9-15(16,17)18/h6-8,11,19H,9H2,1-5H3/t11?,22-/m1/s1. The first-order valence-electron chi connectivity index (χ1n) is 6.88. The number of alkyl halides is 3. The smallest absolute Gasteiger partial charge is 0.422 e. The molecule has 0 aliphatic rings. The fourth-order valence-corrected chi connectivity index (χ4v) is 2.48. The molecule has 0 bridgehead atoms. The zero-order valence-electron chi connectivity index (χ0n) is 13.4. The number of rotatable bonds is 5. The zero-order chi connectivity index (χ0) is 17.1. The van der Waals surface area contributed by atoms with Crippen LogP contribution in [-0.2, 0) is 11.0 Å². The third kappa shape index (κ3) is 5.96. The Hall–Kier alpha value is -1.08. The summed E-state index contributed by atoms with van der Waals surface area (Å²) in [5.74, 6) is 0.199. The van der Waals surface area contributed by atoms with E-state index in [1.165, 1.54) is 6.07 Å². The van der Waals surface area contributed by atoms with Crippen LogP contribution < -0.4 is 9.46 Å². The largest absolute Gasteiger partial charge is 0.484 e. The van der Waals surface area contributed by atoms with Crippen LogP contribution in [0.25, 0.3) is 0 Å². The maximum absolute atomic E-state index is 12.2. The molecule has 1 aromatic carbocycles. The van der Waals surface area contributed by atoms with Crippen LogP contribution in [0.1, 0.15) is 44.9 Å². The molecule has 126 valence electrons. The van der Waals surface area contributed by atoms with Gasteiger partial charge in [-0.2, -0.15) is 13.2 Å². The second-order valence-corrected chi connectivity index (χ2v) is 8.15. The molecule has 2 atom stereocenters. The first kappa shape index (κ1) is 19.0. The summed E-state index contributed by atoms with van der Waals surface area (Å²) in [6.45, 7) is 7.82. The monoisotopic (exact) mass is 337 g/mol. The Balaban J connectivity index is 2.78. The average Bonchev–Trinajstić information content (AvgIpc) is 2.34. The molecular weight excluding hydrogens is 315 g/mol. The molecule has 0 saturated heterocycles. The summed E-state index contributed by atoms with van der Waals surface area (Å²) in [5, 5.41) is 0. The van der Waals surface area contributed by atoms with E-state index < -0.39 is 23.8 Å². The van der Waals surface area contributed by atoms with E-state index >= 15 is 0 Å². The van der Waals surface area contributed by atoms with Crippen molar-refractivity contribution in [2.75, 3.05) is 6.61 Å². The van der Waals surface area contributed by atoms with Gasteiger partial charge in [-0.1, -0.05) is 12.1 Å². The van der Waals surface area contributed by atoms with Crippen LogP contribution in [0.2, 0.25) is 0 Å². The van der Waals surface area contributed by atoms with Crippen LogP contribution in [0, 0.1) is 6.92 Å². The first-order chi connectivity index (χ1) is 9.90. The molecule has 1 rings (SSSR count). The van der Waals surface area contributed by atoms with Gasteiger partial charge in [0, 0.05) is 6.04 Å². The number of aryl methyl sites for hydroxylation is 1. The Morgan fingerprint density at radius 2 is 1.86 bits per heavy atom. The second kappa shape index (κ2) is 7.00. The molecule has 0 heterocycles. The normalized spacial score (nSPS) is 15.5. The predicted octanol–water partition coefficient (Wildman–Crippen LogP) is 4.05. The lowest BCUT2D eigenvalue weighted by Gasteiger charge is -2.22. The summed E-state index contributed by atoms with van der Waals surface area (Å²) in [5.41, 5.74) is 1.45. The molecule has 22 heavy (non-hydrogen) atoms. The van der Waals surface area contributed by atoms with E-state index in [4.69, 9.17) is 4.74 Å². The summed E-state index contributed by atoms with van der Waals surface area (Å²) in [7, 11) is -1.23. The molecule has 0 fully saturated rings. The predicted molar refractivity (Wildman–Crippen MR) is 82.2 cm³/mol. The fraction of sp³-hybridized carbons (Fsp3) is 0.600. The lowest BCUT2D eigenvalue weighted by molar-refractivity contribution is -0.153. The molecule has 0 aliphatic carbocycles. The highest BCUT2D eigenvalue weighted by atomic mass is 32.2. The van der Waals surface area contributed by atoms with Crippen LogP contribution >= 0.6 is 0 Å². The van der Waals surface area contributed by atoms with Gasteiger partial charge in [-0.25, -0.2) is 8.93 Å². The number of hydrogen-bond acceptors (Lipinski definition) is 2.